The maximum atomic E-state index is 12.1. The van der Waals surface area contributed by atoms with Gasteiger partial charge < -0.3 is 14.5 Å². The first kappa shape index (κ1) is 15.3. The van der Waals surface area contributed by atoms with Crippen LogP contribution in [0.5, 0.6) is 0 Å². The molecule has 4 nitrogen and oxygen atoms in total. The van der Waals surface area contributed by atoms with E-state index < -0.39 is 0 Å². The fraction of sp³-hybridized carbons (Fsp3) is 0.353. The Morgan fingerprint density at radius 2 is 2.05 bits per heavy atom. The molecule has 116 valence electrons. The molecule has 1 fully saturated rings. The fourth-order valence-corrected chi connectivity index (χ4v) is 3.29. The molecule has 1 aromatic carbocycles. The molecule has 0 atom stereocenters. The summed E-state index contributed by atoms with van der Waals surface area (Å²) in [4.78, 5) is 12.1. The molecule has 1 aliphatic heterocycles. The minimum atomic E-state index is -0.175. The van der Waals surface area contributed by atoms with Crippen LogP contribution in [0.1, 0.15) is 29.0 Å². The topological polar surface area (TPSA) is 51.5 Å². The lowest BCUT2D eigenvalue weighted by molar-refractivity contribution is 0.0484. The molecule has 3 rings (SSSR count). The summed E-state index contributed by atoms with van der Waals surface area (Å²) in [6.07, 6.45) is 3.29. The van der Waals surface area contributed by atoms with Crippen molar-refractivity contribution in [2.45, 2.75) is 18.3 Å². The van der Waals surface area contributed by atoms with E-state index in [0.29, 0.717) is 25.5 Å². The number of benzene rings is 1. The molecule has 1 aliphatic rings. The second-order valence-electron chi connectivity index (χ2n) is 5.56. The maximum absolute atomic E-state index is 12.1. The van der Waals surface area contributed by atoms with Crippen molar-refractivity contribution in [2.75, 3.05) is 19.8 Å². The van der Waals surface area contributed by atoms with Gasteiger partial charge in [0.1, 0.15) is 0 Å². The number of hydrogen-bond donors (Lipinski definition) is 1. The highest BCUT2D eigenvalue weighted by Gasteiger charge is 2.35. The van der Waals surface area contributed by atoms with Crippen LogP contribution in [0.3, 0.4) is 0 Å². The molecule has 1 amide bonds. The number of amides is 1. The highest BCUT2D eigenvalue weighted by atomic mass is 79.9. The third kappa shape index (κ3) is 3.25. The highest BCUT2D eigenvalue weighted by molar-refractivity contribution is 9.10. The van der Waals surface area contributed by atoms with Gasteiger partial charge in [0.15, 0.2) is 5.76 Å². The molecular formula is C17H18BrNO3. The number of hydrogen-bond acceptors (Lipinski definition) is 3. The standard InChI is InChI=1S/C17H18BrNO3/c18-14-4-1-3-13(11-14)17(6-9-21-10-7-17)12-19-16(20)15-5-2-8-22-15/h1-5,8,11H,6-7,9-10,12H2,(H,19,20). The van der Waals surface area contributed by atoms with E-state index in [1.165, 1.54) is 11.8 Å². The number of carbonyl (C=O) groups excluding carboxylic acids is 1. The molecule has 5 heteroatoms. The molecule has 2 heterocycles. The number of rotatable bonds is 4. The zero-order valence-electron chi connectivity index (χ0n) is 12.2. The smallest absolute Gasteiger partial charge is 0.287 e. The van der Waals surface area contributed by atoms with Gasteiger partial charge in [0.05, 0.1) is 6.26 Å². The van der Waals surface area contributed by atoms with Crippen molar-refractivity contribution < 1.29 is 13.9 Å². The molecule has 1 aromatic heterocycles. The van der Waals surface area contributed by atoms with Crippen molar-refractivity contribution in [1.82, 2.24) is 5.32 Å². The average Bonchev–Trinajstić information content (AvgIpc) is 3.08. The predicted molar refractivity (Wildman–Crippen MR) is 86.9 cm³/mol. The SMILES string of the molecule is O=C(NCC1(c2cccc(Br)c2)CCOCC1)c1ccco1. The van der Waals surface area contributed by atoms with Crippen LogP contribution in [0.25, 0.3) is 0 Å². The van der Waals surface area contributed by atoms with E-state index in [4.69, 9.17) is 9.15 Å². The van der Waals surface area contributed by atoms with E-state index in [1.54, 1.807) is 12.1 Å². The van der Waals surface area contributed by atoms with E-state index in [0.717, 1.165) is 17.3 Å². The molecule has 0 radical (unpaired) electrons. The van der Waals surface area contributed by atoms with Gasteiger partial charge >= 0.3 is 0 Å². The lowest BCUT2D eigenvalue weighted by Gasteiger charge is -2.38. The van der Waals surface area contributed by atoms with Crippen LogP contribution in [-0.2, 0) is 10.2 Å². The quantitative estimate of drug-likeness (QED) is 0.903. The van der Waals surface area contributed by atoms with Crippen LogP contribution in [0.2, 0.25) is 0 Å². The lowest BCUT2D eigenvalue weighted by atomic mass is 9.74. The summed E-state index contributed by atoms with van der Waals surface area (Å²) < 4.78 is 11.7. The second-order valence-corrected chi connectivity index (χ2v) is 6.48. The Kier molecular flexibility index (Phi) is 4.64. The zero-order chi connectivity index (χ0) is 15.4. The Balaban J connectivity index is 1.79. The van der Waals surface area contributed by atoms with Gasteiger partial charge in [-0.2, -0.15) is 0 Å². The molecule has 1 N–H and O–H groups in total. The van der Waals surface area contributed by atoms with Crippen molar-refractivity contribution in [3.05, 3.63) is 58.5 Å². The number of nitrogens with one attached hydrogen (secondary N) is 1. The molecule has 22 heavy (non-hydrogen) atoms. The van der Waals surface area contributed by atoms with E-state index in [2.05, 4.69) is 33.4 Å². The summed E-state index contributed by atoms with van der Waals surface area (Å²) in [5, 5.41) is 3.01. The third-order valence-corrected chi connectivity index (χ3v) is 4.71. The highest BCUT2D eigenvalue weighted by Crippen LogP contribution is 2.35. The monoisotopic (exact) mass is 363 g/mol. The fourth-order valence-electron chi connectivity index (χ4n) is 2.89. The summed E-state index contributed by atoms with van der Waals surface area (Å²) in [7, 11) is 0. The first-order valence-corrected chi connectivity index (χ1v) is 8.14. The first-order chi connectivity index (χ1) is 10.7. The van der Waals surface area contributed by atoms with Gasteiger partial charge in [0.2, 0.25) is 0 Å². The van der Waals surface area contributed by atoms with E-state index in [-0.39, 0.29) is 11.3 Å². The Morgan fingerprint density at radius 3 is 2.73 bits per heavy atom. The lowest BCUT2D eigenvalue weighted by Crippen LogP contribution is -2.44. The molecule has 0 unspecified atom stereocenters. The van der Waals surface area contributed by atoms with Gasteiger partial charge in [-0.25, -0.2) is 0 Å². The first-order valence-electron chi connectivity index (χ1n) is 7.35. The van der Waals surface area contributed by atoms with Crippen molar-refractivity contribution in [3.8, 4) is 0 Å². The molecular weight excluding hydrogens is 346 g/mol. The Morgan fingerprint density at radius 1 is 1.23 bits per heavy atom. The average molecular weight is 364 g/mol. The van der Waals surface area contributed by atoms with Crippen LogP contribution in [0.4, 0.5) is 0 Å². The molecule has 0 aliphatic carbocycles. The van der Waals surface area contributed by atoms with Crippen molar-refractivity contribution in [1.29, 1.82) is 0 Å². The van der Waals surface area contributed by atoms with Crippen molar-refractivity contribution in [3.63, 3.8) is 0 Å². The molecule has 0 bridgehead atoms. The summed E-state index contributed by atoms with van der Waals surface area (Å²) in [5.41, 5.74) is 1.13. The van der Waals surface area contributed by atoms with E-state index in [9.17, 15) is 4.79 Å². The van der Waals surface area contributed by atoms with Crippen LogP contribution in [0, 0.1) is 0 Å². The molecule has 2 aromatic rings. The molecule has 0 spiro atoms. The number of carbonyl (C=O) groups is 1. The zero-order valence-corrected chi connectivity index (χ0v) is 13.8. The van der Waals surface area contributed by atoms with Crippen molar-refractivity contribution >= 4 is 21.8 Å². The van der Waals surface area contributed by atoms with E-state index >= 15 is 0 Å². The molecule has 1 saturated heterocycles. The summed E-state index contributed by atoms with van der Waals surface area (Å²) in [6.45, 7) is 2.00. The second kappa shape index (κ2) is 6.67. The van der Waals surface area contributed by atoms with Gasteiger partial charge in [-0.3, -0.25) is 4.79 Å². The minimum absolute atomic E-state index is 0.0930. The number of furan rings is 1. The van der Waals surface area contributed by atoms with Gasteiger partial charge in [0, 0.05) is 29.6 Å². The Labute approximate surface area is 138 Å². The van der Waals surface area contributed by atoms with Crippen LogP contribution < -0.4 is 5.32 Å². The number of halogens is 1. The summed E-state index contributed by atoms with van der Waals surface area (Å²) in [6, 6.07) is 11.7. The molecule has 0 saturated carbocycles. The van der Waals surface area contributed by atoms with Gasteiger partial charge in [-0.1, -0.05) is 28.1 Å². The van der Waals surface area contributed by atoms with Gasteiger partial charge in [0.25, 0.3) is 5.91 Å². The summed E-state index contributed by atoms with van der Waals surface area (Å²) >= 11 is 3.53. The van der Waals surface area contributed by atoms with Crippen LogP contribution in [-0.4, -0.2) is 25.7 Å². The maximum Gasteiger partial charge on any atom is 0.287 e. The van der Waals surface area contributed by atoms with Crippen LogP contribution >= 0.6 is 15.9 Å². The summed E-state index contributed by atoms with van der Waals surface area (Å²) in [5.74, 6) is 0.169. The Bertz CT molecular complexity index is 633. The number of ether oxygens (including phenoxy) is 1. The van der Waals surface area contributed by atoms with Crippen molar-refractivity contribution in [2.24, 2.45) is 0 Å². The predicted octanol–water partition coefficient (Wildman–Crippen LogP) is 3.52. The largest absolute Gasteiger partial charge is 0.459 e. The Hall–Kier alpha value is -1.59. The minimum Gasteiger partial charge on any atom is -0.459 e. The van der Waals surface area contributed by atoms with E-state index in [1.807, 2.05) is 12.1 Å². The van der Waals surface area contributed by atoms with Crippen LogP contribution in [0.15, 0.2) is 51.6 Å². The van der Waals surface area contributed by atoms with Gasteiger partial charge in [-0.05, 0) is 42.7 Å². The third-order valence-electron chi connectivity index (χ3n) is 4.22. The van der Waals surface area contributed by atoms with Gasteiger partial charge in [-0.15, -0.1) is 0 Å². The normalized spacial score (nSPS) is 17.1.